The highest BCUT2D eigenvalue weighted by molar-refractivity contribution is 5.94. The van der Waals surface area contributed by atoms with Crippen molar-refractivity contribution in [1.82, 2.24) is 24.8 Å². The van der Waals surface area contributed by atoms with E-state index in [1.807, 2.05) is 78.2 Å². The van der Waals surface area contributed by atoms with E-state index in [1.54, 1.807) is 18.3 Å². The van der Waals surface area contributed by atoms with Gasteiger partial charge >= 0.3 is 0 Å². The monoisotopic (exact) mass is 434 g/mol. The third-order valence-electron chi connectivity index (χ3n) is 5.41. The third kappa shape index (κ3) is 4.04. The number of imidazole rings is 1. The molecule has 0 radical (unpaired) electrons. The number of nitrogen functional groups attached to an aromatic ring is 1. The fourth-order valence-corrected chi connectivity index (χ4v) is 3.72. The molecule has 0 bridgehead atoms. The molecule has 33 heavy (non-hydrogen) atoms. The molecule has 0 fully saturated rings. The Morgan fingerprint density at radius 3 is 2.48 bits per heavy atom. The molecule has 0 aliphatic heterocycles. The van der Waals surface area contributed by atoms with Gasteiger partial charge in [-0.1, -0.05) is 30.3 Å². The molecule has 3 N–H and O–H groups in total. The molecular formula is C26H22N6O. The van der Waals surface area contributed by atoms with E-state index in [0.29, 0.717) is 23.8 Å². The predicted molar refractivity (Wildman–Crippen MR) is 129 cm³/mol. The van der Waals surface area contributed by atoms with Crippen molar-refractivity contribution < 1.29 is 4.79 Å². The molecule has 2 aromatic carbocycles. The lowest BCUT2D eigenvalue weighted by Crippen LogP contribution is -2.22. The van der Waals surface area contributed by atoms with Crippen molar-refractivity contribution in [3.63, 3.8) is 0 Å². The molecule has 7 heteroatoms. The highest BCUT2D eigenvalue weighted by Crippen LogP contribution is 2.30. The molecular weight excluding hydrogens is 412 g/mol. The summed E-state index contributed by atoms with van der Waals surface area (Å²) in [7, 11) is 0. The second kappa shape index (κ2) is 8.55. The Labute approximate surface area is 191 Å². The van der Waals surface area contributed by atoms with E-state index in [4.69, 9.17) is 15.7 Å². The summed E-state index contributed by atoms with van der Waals surface area (Å²) in [6.45, 7) is 2.38. The molecule has 1 amide bonds. The van der Waals surface area contributed by atoms with Gasteiger partial charge in [0.2, 0.25) is 0 Å². The normalized spacial score (nSPS) is 10.9. The maximum atomic E-state index is 12.3. The number of nitrogens with zero attached hydrogens (tertiary/aromatic N) is 4. The van der Waals surface area contributed by atoms with Crippen LogP contribution in [0.1, 0.15) is 21.6 Å². The summed E-state index contributed by atoms with van der Waals surface area (Å²) in [5.41, 5.74) is 11.9. The molecule has 0 saturated heterocycles. The van der Waals surface area contributed by atoms with Crippen molar-refractivity contribution in [2.75, 3.05) is 5.73 Å². The van der Waals surface area contributed by atoms with Crippen molar-refractivity contribution in [2.45, 2.75) is 13.5 Å². The van der Waals surface area contributed by atoms with Crippen LogP contribution in [0, 0.1) is 6.92 Å². The van der Waals surface area contributed by atoms with Crippen molar-refractivity contribution in [2.24, 2.45) is 0 Å². The molecule has 0 spiro atoms. The molecule has 0 saturated carbocycles. The fraction of sp³-hybridized carbons (Fsp3) is 0.0769. The zero-order valence-corrected chi connectivity index (χ0v) is 18.1. The Morgan fingerprint density at radius 1 is 0.939 bits per heavy atom. The summed E-state index contributed by atoms with van der Waals surface area (Å²) in [5, 5.41) is 2.96. The van der Waals surface area contributed by atoms with Gasteiger partial charge < -0.3 is 11.1 Å². The number of nitrogens with one attached hydrogen (secondary N) is 1. The van der Waals surface area contributed by atoms with Gasteiger partial charge in [0.25, 0.3) is 5.91 Å². The first-order valence-corrected chi connectivity index (χ1v) is 10.6. The first kappa shape index (κ1) is 20.4. The lowest BCUT2D eigenvalue weighted by Gasteiger charge is -2.11. The van der Waals surface area contributed by atoms with Gasteiger partial charge in [0, 0.05) is 29.7 Å². The minimum atomic E-state index is -0.103. The van der Waals surface area contributed by atoms with Gasteiger partial charge in [-0.2, -0.15) is 0 Å². The molecule has 0 atom stereocenters. The molecule has 0 aliphatic rings. The van der Waals surface area contributed by atoms with Gasteiger partial charge in [0.1, 0.15) is 11.3 Å². The van der Waals surface area contributed by atoms with E-state index in [-0.39, 0.29) is 5.91 Å². The summed E-state index contributed by atoms with van der Waals surface area (Å²) < 4.78 is 1.99. The third-order valence-corrected chi connectivity index (χ3v) is 5.41. The number of fused-ring (bicyclic) bond motifs is 1. The van der Waals surface area contributed by atoms with Gasteiger partial charge in [-0.05, 0) is 61.0 Å². The van der Waals surface area contributed by atoms with Crippen molar-refractivity contribution >= 4 is 22.9 Å². The second-order valence-corrected chi connectivity index (χ2v) is 7.72. The number of carbonyl (C=O) groups excluding carboxylic acids is 1. The number of pyridine rings is 2. The Kier molecular flexibility index (Phi) is 5.28. The van der Waals surface area contributed by atoms with Crippen molar-refractivity contribution in [1.29, 1.82) is 0 Å². The number of rotatable bonds is 5. The van der Waals surface area contributed by atoms with Gasteiger partial charge in [-0.15, -0.1) is 0 Å². The highest BCUT2D eigenvalue weighted by atomic mass is 16.1. The largest absolute Gasteiger partial charge is 0.383 e. The van der Waals surface area contributed by atoms with Gasteiger partial charge in [0.15, 0.2) is 11.5 Å². The number of benzene rings is 2. The number of hydrogen-bond acceptors (Lipinski definition) is 5. The summed E-state index contributed by atoms with van der Waals surface area (Å²) in [6, 6.07) is 24.8. The van der Waals surface area contributed by atoms with E-state index >= 15 is 0 Å². The number of anilines is 1. The van der Waals surface area contributed by atoms with Crippen LogP contribution in [0.5, 0.6) is 0 Å². The first-order chi connectivity index (χ1) is 16.1. The van der Waals surface area contributed by atoms with Crippen LogP contribution < -0.4 is 11.1 Å². The van der Waals surface area contributed by atoms with Crippen LogP contribution in [0.15, 0.2) is 85.1 Å². The van der Waals surface area contributed by atoms with Crippen LogP contribution in [-0.2, 0) is 6.54 Å². The van der Waals surface area contributed by atoms with Gasteiger partial charge in [-0.25, -0.2) is 15.0 Å². The summed E-state index contributed by atoms with van der Waals surface area (Å²) in [5.74, 6) is 0.985. The Hall–Kier alpha value is -4.52. The van der Waals surface area contributed by atoms with E-state index in [2.05, 4.69) is 10.3 Å². The molecule has 5 rings (SSSR count). The van der Waals surface area contributed by atoms with E-state index < -0.39 is 0 Å². The zero-order valence-electron chi connectivity index (χ0n) is 18.1. The van der Waals surface area contributed by atoms with Crippen molar-refractivity contribution in [3.8, 4) is 17.1 Å². The smallest absolute Gasteiger partial charge is 0.251 e. The average molecular weight is 435 g/mol. The minimum Gasteiger partial charge on any atom is -0.383 e. The molecule has 7 nitrogen and oxygen atoms in total. The standard InChI is InChI=1S/C26H22N6O/c1-17-9-14-22-25(30-17)32(24(31-22)21-8-5-15-28-23(21)27)20-12-10-18(11-13-20)16-29-26(33)19-6-3-2-4-7-19/h2-15H,16H2,1H3,(H2,27,28)(H,29,33). The Morgan fingerprint density at radius 2 is 1.73 bits per heavy atom. The topological polar surface area (TPSA) is 98.7 Å². The molecule has 3 aromatic heterocycles. The maximum absolute atomic E-state index is 12.3. The van der Waals surface area contributed by atoms with Crippen LogP contribution in [0.2, 0.25) is 0 Å². The van der Waals surface area contributed by atoms with Crippen LogP contribution in [0.4, 0.5) is 5.82 Å². The lowest BCUT2D eigenvalue weighted by molar-refractivity contribution is 0.0951. The predicted octanol–water partition coefficient (Wildman–Crippen LogP) is 4.30. The molecule has 162 valence electrons. The molecule has 5 aromatic rings. The van der Waals surface area contributed by atoms with Crippen LogP contribution in [0.3, 0.4) is 0 Å². The Bertz CT molecular complexity index is 1440. The number of amides is 1. The molecule has 3 heterocycles. The summed E-state index contributed by atoms with van der Waals surface area (Å²) >= 11 is 0. The first-order valence-electron chi connectivity index (χ1n) is 10.6. The van der Waals surface area contributed by atoms with Gasteiger partial charge in [0.05, 0.1) is 5.56 Å². The van der Waals surface area contributed by atoms with Crippen LogP contribution in [-0.4, -0.2) is 25.4 Å². The van der Waals surface area contributed by atoms with E-state index in [0.717, 1.165) is 33.7 Å². The summed E-state index contributed by atoms with van der Waals surface area (Å²) in [4.78, 5) is 26.1. The quantitative estimate of drug-likeness (QED) is 0.430. The number of hydrogen-bond donors (Lipinski definition) is 2. The van der Waals surface area contributed by atoms with Crippen molar-refractivity contribution in [3.05, 3.63) is 102 Å². The highest BCUT2D eigenvalue weighted by Gasteiger charge is 2.18. The summed E-state index contributed by atoms with van der Waals surface area (Å²) in [6.07, 6.45) is 1.66. The van der Waals surface area contributed by atoms with Crippen LogP contribution in [0.25, 0.3) is 28.2 Å². The second-order valence-electron chi connectivity index (χ2n) is 7.72. The maximum Gasteiger partial charge on any atom is 0.251 e. The SMILES string of the molecule is Cc1ccc2nc(-c3cccnc3N)n(-c3ccc(CNC(=O)c4ccccc4)cc3)c2n1. The Balaban J connectivity index is 1.49. The zero-order chi connectivity index (χ0) is 22.8. The molecule has 0 aliphatic carbocycles. The minimum absolute atomic E-state index is 0.103. The number of nitrogens with two attached hydrogens (primary N) is 1. The number of aryl methyl sites for hydroxylation is 1. The van der Waals surface area contributed by atoms with E-state index in [9.17, 15) is 4.79 Å². The van der Waals surface area contributed by atoms with E-state index in [1.165, 1.54) is 0 Å². The lowest BCUT2D eigenvalue weighted by atomic mass is 10.1. The average Bonchev–Trinajstić information content (AvgIpc) is 3.22. The van der Waals surface area contributed by atoms with Crippen LogP contribution >= 0.6 is 0 Å². The molecule has 0 unspecified atom stereocenters. The van der Waals surface area contributed by atoms with Gasteiger partial charge in [-0.3, -0.25) is 9.36 Å². The number of aromatic nitrogens is 4. The number of carbonyl (C=O) groups is 1. The fourth-order valence-electron chi connectivity index (χ4n) is 3.72.